The number of hydrogen-bond acceptors (Lipinski definition) is 4. The summed E-state index contributed by atoms with van der Waals surface area (Å²) in [6.45, 7) is 4.30. The number of primary amides is 1. The van der Waals surface area contributed by atoms with Gasteiger partial charge in [-0.2, -0.15) is 0 Å². The molecule has 2 aliphatic rings. The molecule has 2 aromatic rings. The number of nitrogens with zero attached hydrogens (tertiary/aromatic N) is 3. The minimum atomic E-state index is -0.294. The van der Waals surface area contributed by atoms with Crippen molar-refractivity contribution in [2.24, 2.45) is 11.7 Å². The minimum Gasteiger partial charge on any atom is -0.370 e. The summed E-state index contributed by atoms with van der Waals surface area (Å²) in [5.74, 6) is 0.737. The van der Waals surface area contributed by atoms with Crippen LogP contribution in [0.1, 0.15) is 63.2 Å². The molecule has 1 aliphatic heterocycles. The topological polar surface area (TPSA) is 93.2 Å². The van der Waals surface area contributed by atoms with Gasteiger partial charge in [0.15, 0.2) is 0 Å². The number of carbonyl (C=O) groups is 2. The number of benzene rings is 1. The molecule has 1 saturated heterocycles. The van der Waals surface area contributed by atoms with Crippen LogP contribution in [-0.4, -0.2) is 45.9 Å². The van der Waals surface area contributed by atoms with Gasteiger partial charge in [0, 0.05) is 31.2 Å². The molecule has 0 spiro atoms. The van der Waals surface area contributed by atoms with E-state index in [9.17, 15) is 9.59 Å². The SMILES string of the molecule is Cc1nc2cc(NC(=O)[C@H]3CCCN(CCC(N)=O)C3)ccc2n1C1CCCCC1. The Morgan fingerprint density at radius 2 is 1.97 bits per heavy atom. The van der Waals surface area contributed by atoms with Crippen molar-refractivity contribution in [1.82, 2.24) is 14.5 Å². The van der Waals surface area contributed by atoms with Crippen molar-refractivity contribution >= 4 is 28.5 Å². The lowest BCUT2D eigenvalue weighted by Crippen LogP contribution is -2.41. The van der Waals surface area contributed by atoms with Gasteiger partial charge in [0.05, 0.1) is 17.0 Å². The first-order valence-electron chi connectivity index (χ1n) is 11.3. The van der Waals surface area contributed by atoms with Crippen LogP contribution < -0.4 is 11.1 Å². The van der Waals surface area contributed by atoms with Gasteiger partial charge in [-0.1, -0.05) is 19.3 Å². The Hall–Kier alpha value is -2.41. The Kier molecular flexibility index (Phi) is 6.37. The van der Waals surface area contributed by atoms with E-state index in [4.69, 9.17) is 10.7 Å². The number of likely N-dealkylation sites (tertiary alicyclic amines) is 1. The quantitative estimate of drug-likeness (QED) is 0.762. The van der Waals surface area contributed by atoms with Crippen LogP contribution in [0.25, 0.3) is 11.0 Å². The highest BCUT2D eigenvalue weighted by atomic mass is 16.2. The van der Waals surface area contributed by atoms with Gasteiger partial charge in [-0.25, -0.2) is 4.98 Å². The number of amides is 2. The number of nitrogens with one attached hydrogen (secondary N) is 1. The highest BCUT2D eigenvalue weighted by Crippen LogP contribution is 2.33. The van der Waals surface area contributed by atoms with Gasteiger partial charge in [-0.05, 0) is 57.4 Å². The predicted octanol–water partition coefficient (Wildman–Crippen LogP) is 3.38. The monoisotopic (exact) mass is 411 g/mol. The van der Waals surface area contributed by atoms with E-state index >= 15 is 0 Å². The minimum absolute atomic E-state index is 0.0431. The molecule has 162 valence electrons. The molecule has 1 saturated carbocycles. The molecule has 3 N–H and O–H groups in total. The number of hydrogen-bond donors (Lipinski definition) is 2. The van der Waals surface area contributed by atoms with Crippen LogP contribution in [0.2, 0.25) is 0 Å². The van der Waals surface area contributed by atoms with Gasteiger partial charge in [0.25, 0.3) is 0 Å². The third-order valence-corrected chi connectivity index (χ3v) is 6.62. The lowest BCUT2D eigenvalue weighted by molar-refractivity contribution is -0.121. The van der Waals surface area contributed by atoms with Gasteiger partial charge in [-0.15, -0.1) is 0 Å². The summed E-state index contributed by atoms with van der Waals surface area (Å²) in [6.07, 6.45) is 8.52. The number of imidazole rings is 1. The number of nitrogens with two attached hydrogens (primary N) is 1. The zero-order valence-electron chi connectivity index (χ0n) is 17.9. The van der Waals surface area contributed by atoms with Gasteiger partial charge < -0.3 is 20.5 Å². The number of rotatable bonds is 6. The number of fused-ring (bicyclic) bond motifs is 1. The van der Waals surface area contributed by atoms with Crippen molar-refractivity contribution in [1.29, 1.82) is 0 Å². The van der Waals surface area contributed by atoms with Crippen molar-refractivity contribution in [3.8, 4) is 0 Å². The largest absolute Gasteiger partial charge is 0.370 e. The maximum atomic E-state index is 12.9. The van der Waals surface area contributed by atoms with Crippen LogP contribution in [0.5, 0.6) is 0 Å². The summed E-state index contributed by atoms with van der Waals surface area (Å²) in [7, 11) is 0. The molecule has 2 heterocycles. The number of carbonyl (C=O) groups excluding carboxylic acids is 2. The maximum Gasteiger partial charge on any atom is 0.228 e. The Bertz CT molecular complexity index is 916. The first-order chi connectivity index (χ1) is 14.5. The van der Waals surface area contributed by atoms with E-state index in [1.54, 1.807) is 0 Å². The lowest BCUT2D eigenvalue weighted by Gasteiger charge is -2.31. The maximum absolute atomic E-state index is 12.9. The average molecular weight is 412 g/mol. The van der Waals surface area contributed by atoms with Gasteiger partial charge in [-0.3, -0.25) is 9.59 Å². The molecule has 2 amide bonds. The van der Waals surface area contributed by atoms with Gasteiger partial charge in [0.1, 0.15) is 5.82 Å². The predicted molar refractivity (Wildman–Crippen MR) is 118 cm³/mol. The fourth-order valence-corrected chi connectivity index (χ4v) is 5.08. The molecule has 0 radical (unpaired) electrons. The van der Waals surface area contributed by atoms with E-state index in [-0.39, 0.29) is 17.7 Å². The van der Waals surface area contributed by atoms with E-state index in [1.165, 1.54) is 32.1 Å². The van der Waals surface area contributed by atoms with Crippen molar-refractivity contribution in [3.63, 3.8) is 0 Å². The first kappa shape index (κ1) is 20.8. The second-order valence-electron chi connectivity index (χ2n) is 8.87. The second kappa shape index (κ2) is 9.16. The summed E-state index contributed by atoms with van der Waals surface area (Å²) >= 11 is 0. The van der Waals surface area contributed by atoms with Crippen molar-refractivity contribution in [2.45, 2.75) is 64.3 Å². The van der Waals surface area contributed by atoms with Gasteiger partial charge >= 0.3 is 0 Å². The molecule has 0 bridgehead atoms. The average Bonchev–Trinajstić information content (AvgIpc) is 3.08. The summed E-state index contributed by atoms with van der Waals surface area (Å²) in [5.41, 5.74) is 8.17. The van der Waals surface area contributed by atoms with E-state index in [0.29, 0.717) is 25.6 Å². The molecular formula is C23H33N5O2. The molecule has 0 unspecified atom stereocenters. The number of aryl methyl sites for hydroxylation is 1. The molecule has 1 aromatic carbocycles. The summed E-state index contributed by atoms with van der Waals surface area (Å²) in [6, 6.07) is 6.62. The van der Waals surface area contributed by atoms with E-state index in [0.717, 1.165) is 41.9 Å². The molecular weight excluding hydrogens is 378 g/mol. The molecule has 1 atom stereocenters. The third-order valence-electron chi connectivity index (χ3n) is 6.62. The van der Waals surface area contributed by atoms with Crippen molar-refractivity contribution in [3.05, 3.63) is 24.0 Å². The van der Waals surface area contributed by atoms with Crippen LogP contribution in [0.3, 0.4) is 0 Å². The van der Waals surface area contributed by atoms with E-state index in [1.807, 2.05) is 12.1 Å². The molecule has 2 fully saturated rings. The van der Waals surface area contributed by atoms with Crippen LogP contribution in [0, 0.1) is 12.8 Å². The van der Waals surface area contributed by atoms with Crippen LogP contribution in [0.15, 0.2) is 18.2 Å². The standard InChI is InChI=1S/C23H33N5O2/c1-16-25-20-14-18(9-10-21(20)28(16)19-7-3-2-4-8-19)26-23(30)17-6-5-12-27(15-17)13-11-22(24)29/h9-10,14,17,19H,2-8,11-13,15H2,1H3,(H2,24,29)(H,26,30)/t17-/m0/s1. The van der Waals surface area contributed by atoms with E-state index < -0.39 is 0 Å². The summed E-state index contributed by atoms with van der Waals surface area (Å²) < 4.78 is 2.39. The van der Waals surface area contributed by atoms with Crippen LogP contribution in [0.4, 0.5) is 5.69 Å². The Morgan fingerprint density at radius 3 is 2.73 bits per heavy atom. The fourth-order valence-electron chi connectivity index (χ4n) is 5.08. The molecule has 1 aliphatic carbocycles. The van der Waals surface area contributed by atoms with Gasteiger partial charge in [0.2, 0.25) is 11.8 Å². The zero-order chi connectivity index (χ0) is 21.1. The summed E-state index contributed by atoms with van der Waals surface area (Å²) in [4.78, 5) is 30.8. The molecule has 7 nitrogen and oxygen atoms in total. The number of piperidine rings is 1. The summed E-state index contributed by atoms with van der Waals surface area (Å²) in [5, 5.41) is 3.09. The Balaban J connectivity index is 1.43. The zero-order valence-corrected chi connectivity index (χ0v) is 17.9. The number of aromatic nitrogens is 2. The molecule has 1 aromatic heterocycles. The second-order valence-corrected chi connectivity index (χ2v) is 8.87. The highest BCUT2D eigenvalue weighted by Gasteiger charge is 2.26. The molecule has 30 heavy (non-hydrogen) atoms. The smallest absolute Gasteiger partial charge is 0.228 e. The van der Waals surface area contributed by atoms with Crippen molar-refractivity contribution < 1.29 is 9.59 Å². The normalized spacial score (nSPS) is 21.0. The van der Waals surface area contributed by atoms with Crippen LogP contribution >= 0.6 is 0 Å². The molecule has 4 rings (SSSR count). The van der Waals surface area contributed by atoms with Crippen LogP contribution in [-0.2, 0) is 9.59 Å². The number of anilines is 1. The fraction of sp³-hybridized carbons (Fsp3) is 0.609. The Labute approximate surface area is 178 Å². The third kappa shape index (κ3) is 4.67. The molecule has 7 heteroatoms. The Morgan fingerprint density at radius 1 is 1.17 bits per heavy atom. The first-order valence-corrected chi connectivity index (χ1v) is 11.3. The lowest BCUT2D eigenvalue weighted by atomic mass is 9.95. The van der Waals surface area contributed by atoms with E-state index in [2.05, 4.69) is 27.8 Å². The highest BCUT2D eigenvalue weighted by molar-refractivity contribution is 5.94. The van der Waals surface area contributed by atoms with Crippen molar-refractivity contribution in [2.75, 3.05) is 25.0 Å².